The third-order valence-electron chi connectivity index (χ3n) is 3.79. The zero-order chi connectivity index (χ0) is 12.7. The maximum Gasteiger partial charge on any atom is 0.0588 e. The molecule has 1 heterocycles. The molecular weight excluding hydrogens is 212 g/mol. The van der Waals surface area contributed by atoms with Crippen molar-refractivity contribution in [3.05, 3.63) is 0 Å². The minimum Gasteiger partial charge on any atom is -0.378 e. The summed E-state index contributed by atoms with van der Waals surface area (Å²) < 4.78 is 5.56. The minimum atomic E-state index is 0.353. The molecule has 0 bridgehead atoms. The van der Waals surface area contributed by atoms with E-state index in [0.717, 1.165) is 32.0 Å². The maximum absolute atomic E-state index is 5.75. The molecule has 0 saturated carbocycles. The Hall–Kier alpha value is -0.120. The summed E-state index contributed by atoms with van der Waals surface area (Å²) in [6, 6.07) is 0.353. The van der Waals surface area contributed by atoms with Gasteiger partial charge in [-0.1, -0.05) is 13.3 Å². The Bertz CT molecular complexity index is 197. The monoisotopic (exact) mass is 242 g/mol. The quantitative estimate of drug-likeness (QED) is 0.685. The molecule has 4 atom stereocenters. The number of ether oxygens (including phenoxy) is 1. The van der Waals surface area contributed by atoms with E-state index in [4.69, 9.17) is 10.5 Å². The number of hydrogen-bond donors (Lipinski definition) is 2. The van der Waals surface area contributed by atoms with Gasteiger partial charge in [0.05, 0.1) is 6.10 Å². The van der Waals surface area contributed by atoms with Crippen molar-refractivity contribution in [1.29, 1.82) is 0 Å². The second-order valence-corrected chi connectivity index (χ2v) is 5.80. The minimum absolute atomic E-state index is 0.353. The molecule has 3 N–H and O–H groups in total. The van der Waals surface area contributed by atoms with Gasteiger partial charge in [0.15, 0.2) is 0 Å². The third kappa shape index (κ3) is 6.39. The van der Waals surface area contributed by atoms with E-state index in [1.807, 2.05) is 0 Å². The summed E-state index contributed by atoms with van der Waals surface area (Å²) in [5.41, 5.74) is 5.75. The van der Waals surface area contributed by atoms with Gasteiger partial charge in [0.2, 0.25) is 0 Å². The fraction of sp³-hybridized carbons (Fsp3) is 1.00. The first-order valence-electron chi connectivity index (χ1n) is 7.17. The topological polar surface area (TPSA) is 47.3 Å². The molecule has 0 aliphatic carbocycles. The molecule has 1 rings (SSSR count). The van der Waals surface area contributed by atoms with Crippen molar-refractivity contribution in [1.82, 2.24) is 5.32 Å². The highest BCUT2D eigenvalue weighted by Gasteiger charge is 2.23. The van der Waals surface area contributed by atoms with E-state index >= 15 is 0 Å². The Labute approximate surface area is 106 Å². The second-order valence-electron chi connectivity index (χ2n) is 5.80. The maximum atomic E-state index is 5.75. The van der Waals surface area contributed by atoms with Crippen molar-refractivity contribution < 1.29 is 4.74 Å². The van der Waals surface area contributed by atoms with Crippen LogP contribution in [0.3, 0.4) is 0 Å². The number of hydrogen-bond acceptors (Lipinski definition) is 3. The summed E-state index contributed by atoms with van der Waals surface area (Å²) in [5, 5.41) is 3.58. The first-order chi connectivity index (χ1) is 8.09. The molecule has 4 unspecified atom stereocenters. The van der Waals surface area contributed by atoms with E-state index in [1.54, 1.807) is 0 Å². The third-order valence-corrected chi connectivity index (χ3v) is 3.79. The van der Waals surface area contributed by atoms with E-state index in [0.29, 0.717) is 18.1 Å². The normalized spacial score (nSPS) is 28.2. The smallest absolute Gasteiger partial charge is 0.0588 e. The average molecular weight is 242 g/mol. The zero-order valence-corrected chi connectivity index (χ0v) is 11.7. The van der Waals surface area contributed by atoms with E-state index in [-0.39, 0.29) is 0 Å². The lowest BCUT2D eigenvalue weighted by atomic mass is 10.0. The van der Waals surface area contributed by atoms with Crippen LogP contribution in [0, 0.1) is 11.8 Å². The lowest BCUT2D eigenvalue weighted by molar-refractivity contribution is 0.105. The van der Waals surface area contributed by atoms with Crippen LogP contribution in [0.1, 0.15) is 46.5 Å². The van der Waals surface area contributed by atoms with E-state index in [2.05, 4.69) is 26.1 Å². The molecule has 3 nitrogen and oxygen atoms in total. The van der Waals surface area contributed by atoms with Gasteiger partial charge in [0.25, 0.3) is 0 Å². The van der Waals surface area contributed by atoms with Crippen LogP contribution in [0.4, 0.5) is 0 Å². The average Bonchev–Trinajstić information content (AvgIpc) is 2.64. The van der Waals surface area contributed by atoms with Crippen molar-refractivity contribution in [2.75, 3.05) is 19.7 Å². The van der Waals surface area contributed by atoms with Crippen LogP contribution < -0.4 is 11.1 Å². The molecule has 1 aliphatic rings. The van der Waals surface area contributed by atoms with Gasteiger partial charge in [-0.3, -0.25) is 0 Å². The standard InChI is InChI=1S/C14H30N2O/c1-11(5-4-6-12(2)15)9-16-10-14-7-8-17-13(14)3/h11-14,16H,4-10,15H2,1-3H3. The first-order valence-corrected chi connectivity index (χ1v) is 7.17. The predicted molar refractivity (Wildman–Crippen MR) is 73.1 cm³/mol. The first kappa shape index (κ1) is 14.9. The summed E-state index contributed by atoms with van der Waals surface area (Å²) >= 11 is 0. The molecule has 3 heteroatoms. The Morgan fingerprint density at radius 2 is 2.12 bits per heavy atom. The lowest BCUT2D eigenvalue weighted by Crippen LogP contribution is -2.30. The van der Waals surface area contributed by atoms with Crippen molar-refractivity contribution in [3.8, 4) is 0 Å². The second kappa shape index (κ2) is 8.06. The van der Waals surface area contributed by atoms with Crippen molar-refractivity contribution in [2.45, 2.75) is 58.6 Å². The van der Waals surface area contributed by atoms with Crippen LogP contribution in [0.25, 0.3) is 0 Å². The van der Waals surface area contributed by atoms with Gasteiger partial charge >= 0.3 is 0 Å². The number of nitrogens with one attached hydrogen (secondary N) is 1. The fourth-order valence-corrected chi connectivity index (χ4v) is 2.45. The van der Waals surface area contributed by atoms with Crippen LogP contribution >= 0.6 is 0 Å². The molecule has 0 radical (unpaired) electrons. The van der Waals surface area contributed by atoms with Crippen LogP contribution in [-0.2, 0) is 4.74 Å². The Morgan fingerprint density at radius 3 is 2.71 bits per heavy atom. The van der Waals surface area contributed by atoms with Crippen LogP contribution in [0.15, 0.2) is 0 Å². The van der Waals surface area contributed by atoms with Crippen molar-refractivity contribution in [2.24, 2.45) is 17.6 Å². The highest BCUT2D eigenvalue weighted by Crippen LogP contribution is 2.19. The van der Waals surface area contributed by atoms with Gasteiger partial charge in [-0.05, 0) is 51.5 Å². The van der Waals surface area contributed by atoms with Crippen LogP contribution in [0.5, 0.6) is 0 Å². The van der Waals surface area contributed by atoms with Gasteiger partial charge in [0, 0.05) is 19.2 Å². The summed E-state index contributed by atoms with van der Waals surface area (Å²) in [7, 11) is 0. The van der Waals surface area contributed by atoms with Crippen molar-refractivity contribution in [3.63, 3.8) is 0 Å². The zero-order valence-electron chi connectivity index (χ0n) is 11.7. The van der Waals surface area contributed by atoms with E-state index in [9.17, 15) is 0 Å². The highest BCUT2D eigenvalue weighted by molar-refractivity contribution is 4.74. The molecule has 1 aliphatic heterocycles. The highest BCUT2D eigenvalue weighted by atomic mass is 16.5. The molecule has 0 aromatic rings. The molecule has 1 fully saturated rings. The lowest BCUT2D eigenvalue weighted by Gasteiger charge is -2.17. The van der Waals surface area contributed by atoms with Crippen molar-refractivity contribution >= 4 is 0 Å². The predicted octanol–water partition coefficient (Wildman–Crippen LogP) is 2.15. The number of rotatable bonds is 8. The largest absolute Gasteiger partial charge is 0.378 e. The summed E-state index contributed by atoms with van der Waals surface area (Å²) in [5.74, 6) is 1.47. The molecule has 0 aromatic heterocycles. The van der Waals surface area contributed by atoms with Gasteiger partial charge in [-0.2, -0.15) is 0 Å². The van der Waals surface area contributed by atoms with Crippen LogP contribution in [0.2, 0.25) is 0 Å². The van der Waals surface area contributed by atoms with Gasteiger partial charge in [-0.25, -0.2) is 0 Å². The molecular formula is C14H30N2O. The summed E-state index contributed by atoms with van der Waals surface area (Å²) in [6.07, 6.45) is 5.34. The fourth-order valence-electron chi connectivity index (χ4n) is 2.45. The summed E-state index contributed by atoms with van der Waals surface area (Å²) in [6.45, 7) is 9.77. The Morgan fingerprint density at radius 1 is 1.35 bits per heavy atom. The van der Waals surface area contributed by atoms with E-state index < -0.39 is 0 Å². The van der Waals surface area contributed by atoms with Gasteiger partial charge in [-0.15, -0.1) is 0 Å². The molecule has 0 spiro atoms. The molecule has 17 heavy (non-hydrogen) atoms. The van der Waals surface area contributed by atoms with Gasteiger partial charge in [0.1, 0.15) is 0 Å². The Kier molecular flexibility index (Phi) is 7.09. The van der Waals surface area contributed by atoms with Gasteiger partial charge < -0.3 is 15.8 Å². The number of nitrogens with two attached hydrogens (primary N) is 1. The molecule has 102 valence electrons. The molecule has 0 aromatic carbocycles. The van der Waals surface area contributed by atoms with Crippen LogP contribution in [-0.4, -0.2) is 31.8 Å². The SMILES string of the molecule is CC(N)CCCC(C)CNCC1CCOC1C. The summed E-state index contributed by atoms with van der Waals surface area (Å²) in [4.78, 5) is 0. The Balaban J connectivity index is 1.98. The molecule has 1 saturated heterocycles. The van der Waals surface area contributed by atoms with E-state index in [1.165, 1.54) is 19.3 Å². The molecule has 0 amide bonds.